The van der Waals surface area contributed by atoms with Crippen molar-refractivity contribution >= 4 is 11.3 Å². The first kappa shape index (κ1) is 10.1. The smallest absolute Gasteiger partial charge is 0.0957 e. The molecule has 0 spiro atoms. The summed E-state index contributed by atoms with van der Waals surface area (Å²) in [7, 11) is 0. The van der Waals surface area contributed by atoms with Crippen molar-refractivity contribution in [1.29, 1.82) is 0 Å². The van der Waals surface area contributed by atoms with Gasteiger partial charge in [0.05, 0.1) is 16.7 Å². The molecule has 1 saturated heterocycles. The quantitative estimate of drug-likeness (QED) is 0.811. The standard InChI is InChI=1S/C11H18N2S/c1-7(2)11-13-10(8(3)14-11)9-5-4-6-12-9/h7,9,12H,4-6H2,1-3H3. The van der Waals surface area contributed by atoms with Crippen molar-refractivity contribution in [3.63, 3.8) is 0 Å². The van der Waals surface area contributed by atoms with E-state index in [9.17, 15) is 0 Å². The Morgan fingerprint density at radius 3 is 2.79 bits per heavy atom. The van der Waals surface area contributed by atoms with E-state index < -0.39 is 0 Å². The Hall–Kier alpha value is -0.410. The average molecular weight is 210 g/mol. The fourth-order valence-electron chi connectivity index (χ4n) is 1.92. The Balaban J connectivity index is 2.24. The van der Waals surface area contributed by atoms with Gasteiger partial charge in [-0.05, 0) is 26.3 Å². The van der Waals surface area contributed by atoms with Gasteiger partial charge in [-0.1, -0.05) is 13.8 Å². The SMILES string of the molecule is Cc1sc(C(C)C)nc1C1CCCN1. The van der Waals surface area contributed by atoms with E-state index in [1.165, 1.54) is 28.4 Å². The zero-order valence-electron chi connectivity index (χ0n) is 9.13. The number of hydrogen-bond acceptors (Lipinski definition) is 3. The summed E-state index contributed by atoms with van der Waals surface area (Å²) in [5.74, 6) is 0.564. The molecule has 2 heterocycles. The lowest BCUT2D eigenvalue weighted by atomic mass is 10.1. The van der Waals surface area contributed by atoms with Gasteiger partial charge in [-0.2, -0.15) is 0 Å². The summed E-state index contributed by atoms with van der Waals surface area (Å²) in [6.07, 6.45) is 2.54. The first-order valence-corrected chi connectivity index (χ1v) is 6.20. The molecule has 2 nitrogen and oxygen atoms in total. The number of thiazole rings is 1. The molecular formula is C11H18N2S. The molecule has 2 rings (SSSR count). The van der Waals surface area contributed by atoms with Gasteiger partial charge in [-0.15, -0.1) is 11.3 Å². The molecule has 1 atom stereocenters. The number of nitrogens with zero attached hydrogens (tertiary/aromatic N) is 1. The van der Waals surface area contributed by atoms with E-state index in [0.29, 0.717) is 12.0 Å². The van der Waals surface area contributed by atoms with Crippen LogP contribution in [-0.4, -0.2) is 11.5 Å². The Morgan fingerprint density at radius 2 is 2.29 bits per heavy atom. The molecule has 1 N–H and O–H groups in total. The highest BCUT2D eigenvalue weighted by Crippen LogP contribution is 2.31. The molecule has 1 aliphatic heterocycles. The van der Waals surface area contributed by atoms with Crippen LogP contribution in [0.15, 0.2) is 0 Å². The highest BCUT2D eigenvalue weighted by molar-refractivity contribution is 7.11. The van der Waals surface area contributed by atoms with Crippen molar-refractivity contribution < 1.29 is 0 Å². The van der Waals surface area contributed by atoms with Gasteiger partial charge in [0.2, 0.25) is 0 Å². The molecule has 0 amide bonds. The summed E-state index contributed by atoms with van der Waals surface area (Å²) in [6, 6.07) is 0.527. The van der Waals surface area contributed by atoms with Gasteiger partial charge in [-0.25, -0.2) is 4.98 Å². The van der Waals surface area contributed by atoms with Crippen LogP contribution in [0, 0.1) is 6.92 Å². The molecule has 0 aromatic carbocycles. The number of hydrogen-bond donors (Lipinski definition) is 1. The van der Waals surface area contributed by atoms with Gasteiger partial charge < -0.3 is 5.32 Å². The molecule has 1 aromatic heterocycles. The fourth-order valence-corrected chi connectivity index (χ4v) is 2.90. The molecule has 0 bridgehead atoms. The van der Waals surface area contributed by atoms with Gasteiger partial charge in [0, 0.05) is 10.8 Å². The topological polar surface area (TPSA) is 24.9 Å². The maximum absolute atomic E-state index is 4.75. The third-order valence-electron chi connectivity index (χ3n) is 2.73. The Labute approximate surface area is 89.8 Å². The predicted molar refractivity (Wildman–Crippen MR) is 60.9 cm³/mol. The highest BCUT2D eigenvalue weighted by atomic mass is 32.1. The van der Waals surface area contributed by atoms with Crippen LogP contribution in [0.2, 0.25) is 0 Å². The second-order valence-electron chi connectivity index (χ2n) is 4.30. The molecule has 0 saturated carbocycles. The Kier molecular flexibility index (Phi) is 2.88. The van der Waals surface area contributed by atoms with Gasteiger partial charge in [0.1, 0.15) is 0 Å². The first-order chi connectivity index (χ1) is 6.68. The third kappa shape index (κ3) is 1.84. The minimum absolute atomic E-state index is 0.527. The monoisotopic (exact) mass is 210 g/mol. The molecule has 0 aliphatic carbocycles. The summed E-state index contributed by atoms with van der Waals surface area (Å²) in [6.45, 7) is 7.77. The minimum Gasteiger partial charge on any atom is -0.309 e. The van der Waals surface area contributed by atoms with Gasteiger partial charge in [-0.3, -0.25) is 0 Å². The molecule has 78 valence electrons. The Morgan fingerprint density at radius 1 is 1.50 bits per heavy atom. The molecule has 1 fully saturated rings. The lowest BCUT2D eigenvalue weighted by Crippen LogP contribution is -2.14. The molecule has 1 aliphatic rings. The van der Waals surface area contributed by atoms with E-state index >= 15 is 0 Å². The molecule has 3 heteroatoms. The van der Waals surface area contributed by atoms with Crippen LogP contribution in [0.25, 0.3) is 0 Å². The van der Waals surface area contributed by atoms with E-state index in [1.807, 2.05) is 11.3 Å². The van der Waals surface area contributed by atoms with Crippen LogP contribution in [0.3, 0.4) is 0 Å². The number of aromatic nitrogens is 1. The fraction of sp³-hybridized carbons (Fsp3) is 0.727. The van der Waals surface area contributed by atoms with Crippen LogP contribution in [0.4, 0.5) is 0 Å². The van der Waals surface area contributed by atoms with E-state index in [0.717, 1.165) is 6.54 Å². The van der Waals surface area contributed by atoms with Crippen LogP contribution < -0.4 is 5.32 Å². The zero-order valence-corrected chi connectivity index (χ0v) is 9.95. The third-order valence-corrected chi connectivity index (χ3v) is 4.02. The number of rotatable bonds is 2. The minimum atomic E-state index is 0.527. The van der Waals surface area contributed by atoms with E-state index in [2.05, 4.69) is 26.1 Å². The van der Waals surface area contributed by atoms with Crippen molar-refractivity contribution in [3.8, 4) is 0 Å². The maximum Gasteiger partial charge on any atom is 0.0957 e. The molecule has 1 unspecified atom stereocenters. The van der Waals surface area contributed by atoms with Gasteiger partial charge in [0.25, 0.3) is 0 Å². The molecule has 0 radical (unpaired) electrons. The average Bonchev–Trinajstić information content (AvgIpc) is 2.71. The van der Waals surface area contributed by atoms with Crippen molar-refractivity contribution in [2.75, 3.05) is 6.54 Å². The maximum atomic E-state index is 4.75. The predicted octanol–water partition coefficient (Wildman–Crippen LogP) is 3.00. The number of nitrogens with one attached hydrogen (secondary N) is 1. The Bertz CT molecular complexity index is 311. The summed E-state index contributed by atoms with van der Waals surface area (Å²) in [5, 5.41) is 4.79. The summed E-state index contributed by atoms with van der Waals surface area (Å²) in [4.78, 5) is 6.14. The summed E-state index contributed by atoms with van der Waals surface area (Å²) < 4.78 is 0. The van der Waals surface area contributed by atoms with Crippen LogP contribution >= 0.6 is 11.3 Å². The zero-order chi connectivity index (χ0) is 10.1. The van der Waals surface area contributed by atoms with Gasteiger partial charge in [0.15, 0.2) is 0 Å². The second-order valence-corrected chi connectivity index (χ2v) is 5.53. The molecule has 1 aromatic rings. The van der Waals surface area contributed by atoms with Crippen molar-refractivity contribution in [1.82, 2.24) is 10.3 Å². The highest BCUT2D eigenvalue weighted by Gasteiger charge is 2.22. The molecular weight excluding hydrogens is 192 g/mol. The number of aryl methyl sites for hydroxylation is 1. The van der Waals surface area contributed by atoms with Crippen molar-refractivity contribution in [2.24, 2.45) is 0 Å². The normalized spacial score (nSPS) is 22.1. The molecule has 14 heavy (non-hydrogen) atoms. The van der Waals surface area contributed by atoms with Crippen LogP contribution in [0.1, 0.15) is 54.2 Å². The van der Waals surface area contributed by atoms with E-state index in [-0.39, 0.29) is 0 Å². The largest absolute Gasteiger partial charge is 0.309 e. The lowest BCUT2D eigenvalue weighted by Gasteiger charge is -2.07. The van der Waals surface area contributed by atoms with Crippen LogP contribution in [0.5, 0.6) is 0 Å². The van der Waals surface area contributed by atoms with E-state index in [4.69, 9.17) is 4.98 Å². The second kappa shape index (κ2) is 3.99. The van der Waals surface area contributed by atoms with Crippen LogP contribution in [-0.2, 0) is 0 Å². The van der Waals surface area contributed by atoms with Crippen molar-refractivity contribution in [2.45, 2.75) is 45.6 Å². The first-order valence-electron chi connectivity index (χ1n) is 5.39. The van der Waals surface area contributed by atoms with E-state index in [1.54, 1.807) is 0 Å². The van der Waals surface area contributed by atoms with Gasteiger partial charge >= 0.3 is 0 Å². The lowest BCUT2D eigenvalue weighted by molar-refractivity contribution is 0.624. The summed E-state index contributed by atoms with van der Waals surface area (Å²) in [5.41, 5.74) is 1.30. The van der Waals surface area contributed by atoms with Crippen molar-refractivity contribution in [3.05, 3.63) is 15.6 Å². The summed E-state index contributed by atoms with van der Waals surface area (Å²) >= 11 is 1.86.